The normalized spacial score (nSPS) is 18.5. The van der Waals surface area contributed by atoms with E-state index in [-0.39, 0.29) is 5.97 Å². The number of hydrogen-bond acceptors (Lipinski definition) is 3. The van der Waals surface area contributed by atoms with Crippen LogP contribution in [0, 0.1) is 3.57 Å². The van der Waals surface area contributed by atoms with Gasteiger partial charge in [-0.25, -0.2) is 4.79 Å². The third-order valence-corrected chi connectivity index (χ3v) is 3.19. The first-order valence-corrected chi connectivity index (χ1v) is 6.40. The summed E-state index contributed by atoms with van der Waals surface area (Å²) in [7, 11) is 0. The molecule has 86 valence electrons. The maximum absolute atomic E-state index is 11.5. The maximum atomic E-state index is 11.5. The van der Waals surface area contributed by atoms with Crippen LogP contribution in [-0.4, -0.2) is 18.7 Å². The second kappa shape index (κ2) is 5.03. The summed E-state index contributed by atoms with van der Waals surface area (Å²) in [6.07, 6.45) is 1.13. The highest BCUT2D eigenvalue weighted by atomic mass is 127. The molecule has 1 unspecified atom stereocenters. The number of benzene rings is 1. The van der Waals surface area contributed by atoms with Crippen molar-refractivity contribution in [2.24, 2.45) is 0 Å². The molecule has 0 amide bonds. The van der Waals surface area contributed by atoms with E-state index in [9.17, 15) is 4.79 Å². The van der Waals surface area contributed by atoms with E-state index in [0.717, 1.165) is 12.2 Å². The average molecular weight is 332 g/mol. The van der Waals surface area contributed by atoms with Crippen LogP contribution in [0.5, 0.6) is 5.75 Å². The van der Waals surface area contributed by atoms with E-state index >= 15 is 0 Å². The molecule has 0 spiro atoms. The lowest BCUT2D eigenvalue weighted by atomic mass is 10.0. The van der Waals surface area contributed by atoms with E-state index in [4.69, 9.17) is 9.47 Å². The van der Waals surface area contributed by atoms with Crippen molar-refractivity contribution < 1.29 is 14.3 Å². The summed E-state index contributed by atoms with van der Waals surface area (Å²) in [4.78, 5) is 11.5. The van der Waals surface area contributed by atoms with Gasteiger partial charge in [0.2, 0.25) is 0 Å². The van der Waals surface area contributed by atoms with Crippen LogP contribution < -0.4 is 4.74 Å². The van der Waals surface area contributed by atoms with E-state index in [1.165, 1.54) is 9.13 Å². The van der Waals surface area contributed by atoms with Crippen molar-refractivity contribution >= 4 is 28.6 Å². The second-order valence-corrected chi connectivity index (χ2v) is 4.89. The lowest BCUT2D eigenvalue weighted by Crippen LogP contribution is -2.32. The second-order valence-electron chi connectivity index (χ2n) is 3.65. The molecule has 16 heavy (non-hydrogen) atoms. The van der Waals surface area contributed by atoms with Gasteiger partial charge in [-0.3, -0.25) is 0 Å². The zero-order valence-electron chi connectivity index (χ0n) is 9.03. The highest BCUT2D eigenvalue weighted by Crippen LogP contribution is 2.29. The molecule has 1 aromatic rings. The molecule has 1 aromatic carbocycles. The van der Waals surface area contributed by atoms with Crippen molar-refractivity contribution in [2.75, 3.05) is 6.61 Å². The molecule has 0 N–H and O–H groups in total. The average Bonchev–Trinajstić information content (AvgIpc) is 2.28. The quantitative estimate of drug-likeness (QED) is 0.617. The van der Waals surface area contributed by atoms with Crippen molar-refractivity contribution in [3.8, 4) is 5.75 Å². The minimum absolute atomic E-state index is 0.258. The van der Waals surface area contributed by atoms with Crippen LogP contribution >= 0.6 is 22.6 Å². The van der Waals surface area contributed by atoms with Crippen LogP contribution in [0.3, 0.4) is 0 Å². The molecule has 0 fully saturated rings. The number of ether oxygens (including phenoxy) is 2. The molecule has 0 aliphatic carbocycles. The molecule has 1 aliphatic rings. The lowest BCUT2D eigenvalue weighted by molar-refractivity contribution is -0.152. The summed E-state index contributed by atoms with van der Waals surface area (Å²) in [5, 5.41) is 0. The molecule has 0 bridgehead atoms. The number of fused-ring (bicyclic) bond motifs is 1. The van der Waals surface area contributed by atoms with Crippen LogP contribution in [0.25, 0.3) is 0 Å². The zero-order valence-corrected chi connectivity index (χ0v) is 11.2. The number of halogens is 1. The summed E-state index contributed by atoms with van der Waals surface area (Å²) in [5.74, 6) is 0.552. The first-order valence-electron chi connectivity index (χ1n) is 5.32. The van der Waals surface area contributed by atoms with E-state index < -0.39 is 6.10 Å². The fourth-order valence-corrected chi connectivity index (χ4v) is 2.31. The third-order valence-electron chi connectivity index (χ3n) is 2.52. The fraction of sp³-hybridized carbons (Fsp3) is 0.417. The molecule has 3 nitrogen and oxygen atoms in total. The summed E-state index contributed by atoms with van der Waals surface area (Å²) in [6.45, 7) is 2.20. The van der Waals surface area contributed by atoms with Gasteiger partial charge in [0.1, 0.15) is 5.75 Å². The van der Waals surface area contributed by atoms with Gasteiger partial charge in [-0.2, -0.15) is 0 Å². The first kappa shape index (κ1) is 11.7. The van der Waals surface area contributed by atoms with Gasteiger partial charge in [0.25, 0.3) is 0 Å². The highest BCUT2D eigenvalue weighted by Gasteiger charge is 2.27. The Morgan fingerprint density at radius 1 is 1.62 bits per heavy atom. The third kappa shape index (κ3) is 2.48. The predicted molar refractivity (Wildman–Crippen MR) is 68.5 cm³/mol. The van der Waals surface area contributed by atoms with Crippen molar-refractivity contribution in [2.45, 2.75) is 25.9 Å². The molecule has 0 radical (unpaired) electrons. The van der Waals surface area contributed by atoms with Gasteiger partial charge in [-0.15, -0.1) is 0 Å². The fourth-order valence-electron chi connectivity index (χ4n) is 1.76. The highest BCUT2D eigenvalue weighted by molar-refractivity contribution is 14.1. The SMILES string of the molecule is CCOC(=O)C1CCc2cc(I)ccc2O1. The van der Waals surface area contributed by atoms with E-state index in [2.05, 4.69) is 28.7 Å². The van der Waals surface area contributed by atoms with Gasteiger partial charge in [0.15, 0.2) is 6.10 Å². The van der Waals surface area contributed by atoms with Crippen LogP contribution in [0.1, 0.15) is 18.9 Å². The Morgan fingerprint density at radius 2 is 2.44 bits per heavy atom. The molecule has 0 aromatic heterocycles. The van der Waals surface area contributed by atoms with Gasteiger partial charge in [-0.05, 0) is 66.1 Å². The molecule has 0 saturated carbocycles. The molecule has 1 heterocycles. The van der Waals surface area contributed by atoms with Crippen molar-refractivity contribution in [1.29, 1.82) is 0 Å². The van der Waals surface area contributed by atoms with Gasteiger partial charge in [0, 0.05) is 3.57 Å². The molecular weight excluding hydrogens is 319 g/mol. The minimum atomic E-state index is -0.437. The number of hydrogen-bond donors (Lipinski definition) is 0. The van der Waals surface area contributed by atoms with Gasteiger partial charge in [-0.1, -0.05) is 0 Å². The zero-order chi connectivity index (χ0) is 11.5. The van der Waals surface area contributed by atoms with E-state index in [0.29, 0.717) is 13.0 Å². The Morgan fingerprint density at radius 3 is 3.19 bits per heavy atom. The van der Waals surface area contributed by atoms with Crippen molar-refractivity contribution in [1.82, 2.24) is 0 Å². The Kier molecular flexibility index (Phi) is 3.68. The molecule has 0 saturated heterocycles. The van der Waals surface area contributed by atoms with E-state index in [1.54, 1.807) is 6.92 Å². The molecule has 2 rings (SSSR count). The topological polar surface area (TPSA) is 35.5 Å². The molecule has 4 heteroatoms. The lowest BCUT2D eigenvalue weighted by Gasteiger charge is -2.24. The summed E-state index contributed by atoms with van der Waals surface area (Å²) < 4.78 is 11.8. The molecule has 1 atom stereocenters. The summed E-state index contributed by atoms with van der Waals surface area (Å²) >= 11 is 2.27. The Balaban J connectivity index is 2.12. The summed E-state index contributed by atoms with van der Waals surface area (Å²) in [6, 6.07) is 5.99. The smallest absolute Gasteiger partial charge is 0.347 e. The Bertz CT molecular complexity index is 403. The summed E-state index contributed by atoms with van der Waals surface area (Å²) in [5.41, 5.74) is 1.17. The van der Waals surface area contributed by atoms with Crippen molar-refractivity contribution in [3.63, 3.8) is 0 Å². The monoisotopic (exact) mass is 332 g/mol. The largest absolute Gasteiger partial charge is 0.478 e. The number of rotatable bonds is 2. The maximum Gasteiger partial charge on any atom is 0.347 e. The van der Waals surface area contributed by atoms with Gasteiger partial charge >= 0.3 is 5.97 Å². The van der Waals surface area contributed by atoms with Crippen molar-refractivity contribution in [3.05, 3.63) is 27.3 Å². The first-order chi connectivity index (χ1) is 7.70. The number of carbonyl (C=O) groups is 1. The minimum Gasteiger partial charge on any atom is -0.478 e. The molecular formula is C12H13IO3. The van der Waals surface area contributed by atoms with Crippen LogP contribution in [-0.2, 0) is 16.0 Å². The molecule has 1 aliphatic heterocycles. The standard InChI is InChI=1S/C12H13IO3/c1-2-15-12(14)11-5-3-8-7-9(13)4-6-10(8)16-11/h4,6-7,11H,2-3,5H2,1H3. The van der Waals surface area contributed by atoms with E-state index in [1.807, 2.05) is 12.1 Å². The van der Waals surface area contributed by atoms with Crippen LogP contribution in [0.15, 0.2) is 18.2 Å². The number of esters is 1. The Hall–Kier alpha value is -0.780. The van der Waals surface area contributed by atoms with Crippen LogP contribution in [0.2, 0.25) is 0 Å². The number of carbonyl (C=O) groups excluding carboxylic acids is 1. The Labute approximate surface area is 108 Å². The van der Waals surface area contributed by atoms with Crippen LogP contribution in [0.4, 0.5) is 0 Å². The van der Waals surface area contributed by atoms with Gasteiger partial charge in [0.05, 0.1) is 6.61 Å². The predicted octanol–water partition coefficient (Wildman–Crippen LogP) is 2.55. The number of aryl methyl sites for hydroxylation is 1. The van der Waals surface area contributed by atoms with Gasteiger partial charge < -0.3 is 9.47 Å².